The molecular weight excluding hydrogens is 350 g/mol. The van der Waals surface area contributed by atoms with Crippen molar-refractivity contribution in [3.63, 3.8) is 0 Å². The smallest absolute Gasteiger partial charge is 0.338 e. The maximum atomic E-state index is 12.6. The average molecular weight is 378 g/mol. The van der Waals surface area contributed by atoms with Crippen LogP contribution in [-0.4, -0.2) is 37.1 Å². The molecule has 0 fully saturated rings. The normalized spacial score (nSPS) is 11.5. The number of nitrogens with zero attached hydrogens (tertiary/aromatic N) is 1. The first kappa shape index (κ1) is 22.0. The molecule has 1 unspecified atom stereocenters. The van der Waals surface area contributed by atoms with Crippen LogP contribution in [-0.2, 0) is 4.74 Å². The van der Waals surface area contributed by atoms with E-state index in [1.165, 1.54) is 0 Å². The van der Waals surface area contributed by atoms with Crippen LogP contribution in [0.15, 0.2) is 54.6 Å². The van der Waals surface area contributed by atoms with Crippen LogP contribution in [0.4, 0.5) is 0 Å². The number of benzene rings is 2. The van der Waals surface area contributed by atoms with Gasteiger partial charge in [0.2, 0.25) is 0 Å². The zero-order chi connectivity index (χ0) is 18.1. The molecule has 0 radical (unpaired) electrons. The molecule has 0 spiro atoms. The molecule has 0 aliphatic carbocycles. The summed E-state index contributed by atoms with van der Waals surface area (Å²) in [5.74, 6) is 0.436. The number of hydrogen-bond donors (Lipinski definition) is 0. The van der Waals surface area contributed by atoms with Crippen LogP contribution in [0.1, 0.15) is 42.8 Å². The molecule has 0 heterocycles. The Kier molecular flexibility index (Phi) is 9.78. The summed E-state index contributed by atoms with van der Waals surface area (Å²) in [6.07, 6.45) is -0.292. The lowest BCUT2D eigenvalue weighted by Crippen LogP contribution is -2.30. The summed E-state index contributed by atoms with van der Waals surface area (Å²) < 4.78 is 11.2. The van der Waals surface area contributed by atoms with Gasteiger partial charge in [-0.15, -0.1) is 12.4 Å². The fourth-order valence-corrected chi connectivity index (χ4v) is 2.65. The van der Waals surface area contributed by atoms with Gasteiger partial charge in [-0.3, -0.25) is 4.90 Å². The molecule has 0 aromatic heterocycles. The SMILES string of the molecule is CCOc1ccc(C(=O)OC(CN(CC)CC)c2ccccc2)cc1.Cl. The number of carbonyl (C=O) groups is 1. The molecule has 0 bridgehead atoms. The lowest BCUT2D eigenvalue weighted by Gasteiger charge is -2.25. The predicted molar refractivity (Wildman–Crippen MR) is 107 cm³/mol. The van der Waals surface area contributed by atoms with Gasteiger partial charge in [0.1, 0.15) is 11.9 Å². The Morgan fingerprint density at radius 1 is 0.962 bits per heavy atom. The Labute approximate surface area is 162 Å². The second kappa shape index (κ2) is 11.6. The third-order valence-corrected chi connectivity index (χ3v) is 4.14. The van der Waals surface area contributed by atoms with Gasteiger partial charge in [0, 0.05) is 6.54 Å². The summed E-state index contributed by atoms with van der Waals surface area (Å²) >= 11 is 0. The summed E-state index contributed by atoms with van der Waals surface area (Å²) in [5.41, 5.74) is 1.54. The van der Waals surface area contributed by atoms with Gasteiger partial charge < -0.3 is 9.47 Å². The minimum absolute atomic E-state index is 0. The molecule has 1 atom stereocenters. The molecule has 0 saturated heterocycles. The van der Waals surface area contributed by atoms with Crippen molar-refractivity contribution in [1.29, 1.82) is 0 Å². The highest BCUT2D eigenvalue weighted by atomic mass is 35.5. The highest BCUT2D eigenvalue weighted by Crippen LogP contribution is 2.21. The molecule has 2 rings (SSSR count). The third kappa shape index (κ3) is 6.36. The lowest BCUT2D eigenvalue weighted by molar-refractivity contribution is 0.0204. The zero-order valence-corrected chi connectivity index (χ0v) is 16.5. The Bertz CT molecular complexity index is 642. The fourth-order valence-electron chi connectivity index (χ4n) is 2.65. The zero-order valence-electron chi connectivity index (χ0n) is 15.7. The summed E-state index contributed by atoms with van der Waals surface area (Å²) in [6.45, 7) is 9.27. The van der Waals surface area contributed by atoms with Crippen LogP contribution >= 0.6 is 12.4 Å². The van der Waals surface area contributed by atoms with Crippen LogP contribution in [0, 0.1) is 0 Å². The fraction of sp³-hybridized carbons (Fsp3) is 0.381. The first-order valence-electron chi connectivity index (χ1n) is 8.89. The molecule has 2 aromatic carbocycles. The number of esters is 1. The van der Waals surface area contributed by atoms with Gasteiger partial charge >= 0.3 is 5.97 Å². The van der Waals surface area contributed by atoms with E-state index in [0.717, 1.165) is 24.4 Å². The van der Waals surface area contributed by atoms with E-state index >= 15 is 0 Å². The van der Waals surface area contributed by atoms with Gasteiger partial charge in [-0.2, -0.15) is 0 Å². The van der Waals surface area contributed by atoms with Gasteiger partial charge in [-0.25, -0.2) is 4.79 Å². The minimum Gasteiger partial charge on any atom is -0.494 e. The molecule has 5 heteroatoms. The number of halogens is 1. The van der Waals surface area contributed by atoms with Crippen LogP contribution in [0.3, 0.4) is 0 Å². The standard InChI is InChI=1S/C21H27NO3.ClH/c1-4-22(5-2)16-20(17-10-8-7-9-11-17)25-21(23)18-12-14-19(15-13-18)24-6-3;/h7-15,20H,4-6,16H2,1-3H3;1H. The van der Waals surface area contributed by atoms with Crippen molar-refractivity contribution in [3.05, 3.63) is 65.7 Å². The molecular formula is C21H28ClNO3. The van der Waals surface area contributed by atoms with E-state index in [9.17, 15) is 4.79 Å². The summed E-state index contributed by atoms with van der Waals surface area (Å²) in [4.78, 5) is 14.8. The molecule has 0 aliphatic heterocycles. The van der Waals surface area contributed by atoms with E-state index in [0.29, 0.717) is 18.7 Å². The van der Waals surface area contributed by atoms with Crippen molar-refractivity contribution in [2.45, 2.75) is 26.9 Å². The number of likely N-dealkylation sites (N-methyl/N-ethyl adjacent to an activating group) is 1. The number of carbonyl (C=O) groups excluding carboxylic acids is 1. The van der Waals surface area contributed by atoms with Crippen molar-refractivity contribution in [1.82, 2.24) is 4.90 Å². The predicted octanol–water partition coefficient (Wildman–Crippen LogP) is 4.75. The monoisotopic (exact) mass is 377 g/mol. The molecule has 0 amide bonds. The van der Waals surface area contributed by atoms with Crippen LogP contribution in [0.25, 0.3) is 0 Å². The summed E-state index contributed by atoms with van der Waals surface area (Å²) in [7, 11) is 0. The van der Waals surface area contributed by atoms with Crippen LogP contribution < -0.4 is 4.74 Å². The van der Waals surface area contributed by atoms with Gasteiger partial charge in [-0.1, -0.05) is 44.2 Å². The first-order chi connectivity index (χ1) is 12.2. The van der Waals surface area contributed by atoms with Gasteiger partial charge in [0.05, 0.1) is 12.2 Å². The van der Waals surface area contributed by atoms with Crippen molar-refractivity contribution >= 4 is 18.4 Å². The van der Waals surface area contributed by atoms with E-state index in [2.05, 4.69) is 18.7 Å². The van der Waals surface area contributed by atoms with Gasteiger partial charge in [-0.05, 0) is 49.8 Å². The topological polar surface area (TPSA) is 38.8 Å². The van der Waals surface area contributed by atoms with E-state index < -0.39 is 0 Å². The molecule has 0 aliphatic rings. The molecule has 4 nitrogen and oxygen atoms in total. The minimum atomic E-state index is -0.316. The second-order valence-electron chi connectivity index (χ2n) is 5.75. The van der Waals surface area contributed by atoms with Crippen molar-refractivity contribution < 1.29 is 14.3 Å². The van der Waals surface area contributed by atoms with Gasteiger partial charge in [0.15, 0.2) is 0 Å². The van der Waals surface area contributed by atoms with E-state index in [4.69, 9.17) is 9.47 Å². The van der Waals surface area contributed by atoms with Gasteiger partial charge in [0.25, 0.3) is 0 Å². The van der Waals surface area contributed by atoms with E-state index in [1.807, 2.05) is 37.3 Å². The van der Waals surface area contributed by atoms with Crippen molar-refractivity contribution in [2.24, 2.45) is 0 Å². The summed E-state index contributed by atoms with van der Waals surface area (Å²) in [5, 5.41) is 0. The third-order valence-electron chi connectivity index (χ3n) is 4.14. The Morgan fingerprint density at radius 2 is 1.58 bits per heavy atom. The molecule has 0 N–H and O–H groups in total. The van der Waals surface area contributed by atoms with Crippen molar-refractivity contribution in [2.75, 3.05) is 26.2 Å². The first-order valence-corrected chi connectivity index (χ1v) is 8.89. The molecule has 142 valence electrons. The largest absolute Gasteiger partial charge is 0.494 e. The Balaban J connectivity index is 0.00000338. The van der Waals surface area contributed by atoms with Crippen LogP contribution in [0.2, 0.25) is 0 Å². The highest BCUT2D eigenvalue weighted by Gasteiger charge is 2.20. The molecule has 26 heavy (non-hydrogen) atoms. The highest BCUT2D eigenvalue weighted by molar-refractivity contribution is 5.89. The number of hydrogen-bond acceptors (Lipinski definition) is 4. The Morgan fingerprint density at radius 3 is 2.12 bits per heavy atom. The molecule has 2 aromatic rings. The lowest BCUT2D eigenvalue weighted by atomic mass is 10.1. The quantitative estimate of drug-likeness (QED) is 0.591. The molecule has 0 saturated carbocycles. The maximum Gasteiger partial charge on any atom is 0.338 e. The average Bonchev–Trinajstić information content (AvgIpc) is 2.66. The maximum absolute atomic E-state index is 12.6. The second-order valence-corrected chi connectivity index (χ2v) is 5.75. The van der Waals surface area contributed by atoms with E-state index in [1.54, 1.807) is 24.3 Å². The van der Waals surface area contributed by atoms with Crippen LogP contribution in [0.5, 0.6) is 5.75 Å². The summed E-state index contributed by atoms with van der Waals surface area (Å²) in [6, 6.07) is 17.0. The number of ether oxygens (including phenoxy) is 2. The number of rotatable bonds is 9. The van der Waals surface area contributed by atoms with E-state index in [-0.39, 0.29) is 24.5 Å². The van der Waals surface area contributed by atoms with Crippen molar-refractivity contribution in [3.8, 4) is 5.75 Å². The Hall–Kier alpha value is -2.04.